The molecule has 4 unspecified atom stereocenters. The van der Waals surface area contributed by atoms with Gasteiger partial charge >= 0.3 is 5.97 Å². The van der Waals surface area contributed by atoms with Crippen LogP contribution in [0.25, 0.3) is 0 Å². The second-order valence-corrected chi connectivity index (χ2v) is 5.46. The molecular weight excluding hydrogens is 200 g/mol. The molecule has 2 heteroatoms. The van der Waals surface area contributed by atoms with Crippen LogP contribution < -0.4 is 0 Å². The zero-order chi connectivity index (χ0) is 12.1. The molecule has 0 aromatic rings. The number of carboxylic acids is 1. The van der Waals surface area contributed by atoms with Crippen molar-refractivity contribution in [3.63, 3.8) is 0 Å². The average molecular weight is 226 g/mol. The molecular formula is C14H26O2. The fourth-order valence-electron chi connectivity index (χ4n) is 3.21. The molecule has 4 atom stereocenters. The van der Waals surface area contributed by atoms with E-state index in [0.29, 0.717) is 11.8 Å². The molecule has 0 spiro atoms. The second-order valence-electron chi connectivity index (χ2n) is 5.46. The van der Waals surface area contributed by atoms with E-state index in [1.54, 1.807) is 0 Å². The first-order chi connectivity index (χ1) is 7.60. The lowest BCUT2D eigenvalue weighted by atomic mass is 9.67. The SMILES string of the molecule is CCCC1CCC(C(=O)O)C(C(C)CC)C1. The highest BCUT2D eigenvalue weighted by Gasteiger charge is 2.36. The van der Waals surface area contributed by atoms with Gasteiger partial charge in [0.25, 0.3) is 0 Å². The number of carbonyl (C=O) groups is 1. The molecule has 0 aromatic heterocycles. The summed E-state index contributed by atoms with van der Waals surface area (Å²) in [5, 5.41) is 9.27. The standard InChI is InChI=1S/C14H26O2/c1-4-6-11-7-8-12(14(15)16)13(9-11)10(3)5-2/h10-13H,4-9H2,1-3H3,(H,15,16). The molecule has 1 rings (SSSR count). The first kappa shape index (κ1) is 13.5. The number of aliphatic carboxylic acids is 1. The molecule has 16 heavy (non-hydrogen) atoms. The Morgan fingerprint density at radius 1 is 1.38 bits per heavy atom. The fraction of sp³-hybridized carbons (Fsp3) is 0.929. The van der Waals surface area contributed by atoms with E-state index in [1.165, 1.54) is 12.8 Å². The minimum Gasteiger partial charge on any atom is -0.481 e. The topological polar surface area (TPSA) is 37.3 Å². The quantitative estimate of drug-likeness (QED) is 0.770. The Hall–Kier alpha value is -0.530. The van der Waals surface area contributed by atoms with Crippen molar-refractivity contribution in [3.8, 4) is 0 Å². The Balaban J connectivity index is 2.65. The van der Waals surface area contributed by atoms with Crippen LogP contribution in [0.3, 0.4) is 0 Å². The maximum Gasteiger partial charge on any atom is 0.306 e. The van der Waals surface area contributed by atoms with E-state index in [-0.39, 0.29) is 5.92 Å². The van der Waals surface area contributed by atoms with E-state index < -0.39 is 5.97 Å². The number of hydrogen-bond donors (Lipinski definition) is 1. The van der Waals surface area contributed by atoms with Gasteiger partial charge in [-0.2, -0.15) is 0 Å². The average Bonchev–Trinajstić information content (AvgIpc) is 2.28. The smallest absolute Gasteiger partial charge is 0.306 e. The van der Waals surface area contributed by atoms with Crippen LogP contribution in [-0.4, -0.2) is 11.1 Å². The molecule has 1 aliphatic rings. The van der Waals surface area contributed by atoms with Crippen LogP contribution >= 0.6 is 0 Å². The van der Waals surface area contributed by atoms with Crippen LogP contribution in [-0.2, 0) is 4.79 Å². The van der Waals surface area contributed by atoms with Gasteiger partial charge < -0.3 is 5.11 Å². The van der Waals surface area contributed by atoms with E-state index in [2.05, 4.69) is 20.8 Å². The van der Waals surface area contributed by atoms with Gasteiger partial charge in [0.05, 0.1) is 5.92 Å². The van der Waals surface area contributed by atoms with E-state index in [9.17, 15) is 9.90 Å². The number of carboxylic acid groups (broad SMARTS) is 1. The van der Waals surface area contributed by atoms with Gasteiger partial charge in [-0.05, 0) is 37.0 Å². The van der Waals surface area contributed by atoms with Crippen LogP contribution in [0.2, 0.25) is 0 Å². The third-order valence-electron chi connectivity index (χ3n) is 4.40. The maximum absolute atomic E-state index is 11.2. The molecule has 1 fully saturated rings. The van der Waals surface area contributed by atoms with Gasteiger partial charge in [0, 0.05) is 0 Å². The molecule has 1 aliphatic carbocycles. The predicted octanol–water partition coefficient (Wildman–Crippen LogP) is 3.95. The minimum absolute atomic E-state index is 0.0805. The third-order valence-corrected chi connectivity index (χ3v) is 4.40. The van der Waals surface area contributed by atoms with Crippen molar-refractivity contribution < 1.29 is 9.90 Å². The summed E-state index contributed by atoms with van der Waals surface area (Å²) < 4.78 is 0. The molecule has 0 saturated heterocycles. The van der Waals surface area contributed by atoms with Gasteiger partial charge in [-0.3, -0.25) is 4.79 Å². The zero-order valence-corrected chi connectivity index (χ0v) is 10.9. The van der Waals surface area contributed by atoms with Gasteiger partial charge in [-0.25, -0.2) is 0 Å². The first-order valence-corrected chi connectivity index (χ1v) is 6.82. The Kier molecular flexibility index (Phi) is 5.30. The van der Waals surface area contributed by atoms with Crippen molar-refractivity contribution in [1.29, 1.82) is 0 Å². The largest absolute Gasteiger partial charge is 0.481 e. The molecule has 0 radical (unpaired) electrons. The first-order valence-electron chi connectivity index (χ1n) is 6.82. The molecule has 0 bridgehead atoms. The normalized spacial score (nSPS) is 32.3. The summed E-state index contributed by atoms with van der Waals surface area (Å²) in [5.74, 6) is 1.09. The Labute approximate surface area is 99.4 Å². The lowest BCUT2D eigenvalue weighted by molar-refractivity contribution is -0.146. The fourth-order valence-corrected chi connectivity index (χ4v) is 3.21. The van der Waals surface area contributed by atoms with Gasteiger partial charge in [0.1, 0.15) is 0 Å². The summed E-state index contributed by atoms with van der Waals surface area (Å²) in [6.07, 6.45) is 6.77. The Morgan fingerprint density at radius 3 is 2.56 bits per heavy atom. The summed E-state index contributed by atoms with van der Waals surface area (Å²) in [5.41, 5.74) is 0. The number of hydrogen-bond acceptors (Lipinski definition) is 1. The summed E-state index contributed by atoms with van der Waals surface area (Å²) >= 11 is 0. The van der Waals surface area contributed by atoms with Crippen LogP contribution in [0.5, 0.6) is 0 Å². The van der Waals surface area contributed by atoms with Crippen molar-refractivity contribution in [2.75, 3.05) is 0 Å². The van der Waals surface area contributed by atoms with Gasteiger partial charge in [0.2, 0.25) is 0 Å². The monoisotopic (exact) mass is 226 g/mol. The molecule has 1 N–H and O–H groups in total. The van der Waals surface area contributed by atoms with E-state index in [4.69, 9.17) is 0 Å². The van der Waals surface area contributed by atoms with Crippen LogP contribution in [0.15, 0.2) is 0 Å². The molecule has 2 nitrogen and oxygen atoms in total. The molecule has 94 valence electrons. The van der Waals surface area contributed by atoms with Crippen molar-refractivity contribution in [2.45, 2.75) is 59.3 Å². The molecule has 0 amide bonds. The van der Waals surface area contributed by atoms with Crippen molar-refractivity contribution in [3.05, 3.63) is 0 Å². The molecule has 0 heterocycles. The Morgan fingerprint density at radius 2 is 2.06 bits per heavy atom. The highest BCUT2D eigenvalue weighted by molar-refractivity contribution is 5.70. The van der Waals surface area contributed by atoms with Gasteiger partial charge in [0.15, 0.2) is 0 Å². The second kappa shape index (κ2) is 6.27. The van der Waals surface area contributed by atoms with Crippen LogP contribution in [0.4, 0.5) is 0 Å². The molecule has 1 saturated carbocycles. The zero-order valence-electron chi connectivity index (χ0n) is 10.9. The summed E-state index contributed by atoms with van der Waals surface area (Å²) in [6, 6.07) is 0. The predicted molar refractivity (Wildman–Crippen MR) is 66.3 cm³/mol. The maximum atomic E-state index is 11.2. The van der Waals surface area contributed by atoms with Crippen molar-refractivity contribution >= 4 is 5.97 Å². The van der Waals surface area contributed by atoms with Crippen LogP contribution in [0, 0.1) is 23.7 Å². The third kappa shape index (κ3) is 3.23. The lowest BCUT2D eigenvalue weighted by Gasteiger charge is -2.37. The summed E-state index contributed by atoms with van der Waals surface area (Å²) in [6.45, 7) is 6.61. The van der Waals surface area contributed by atoms with Gasteiger partial charge in [-0.1, -0.05) is 40.0 Å². The van der Waals surface area contributed by atoms with Crippen LogP contribution in [0.1, 0.15) is 59.3 Å². The highest BCUT2D eigenvalue weighted by atomic mass is 16.4. The summed E-state index contributed by atoms with van der Waals surface area (Å²) in [4.78, 5) is 11.2. The van der Waals surface area contributed by atoms with E-state index >= 15 is 0 Å². The number of rotatable bonds is 5. The lowest BCUT2D eigenvalue weighted by Crippen LogP contribution is -2.34. The molecule has 0 aliphatic heterocycles. The molecule has 0 aromatic carbocycles. The van der Waals surface area contributed by atoms with Gasteiger partial charge in [-0.15, -0.1) is 0 Å². The van der Waals surface area contributed by atoms with E-state index in [1.807, 2.05) is 0 Å². The Bertz CT molecular complexity index is 225. The van der Waals surface area contributed by atoms with Crippen molar-refractivity contribution in [2.24, 2.45) is 23.7 Å². The van der Waals surface area contributed by atoms with E-state index in [0.717, 1.165) is 31.6 Å². The summed E-state index contributed by atoms with van der Waals surface area (Å²) in [7, 11) is 0. The van der Waals surface area contributed by atoms with Crippen molar-refractivity contribution in [1.82, 2.24) is 0 Å². The highest BCUT2D eigenvalue weighted by Crippen LogP contribution is 2.41. The minimum atomic E-state index is -0.569.